The summed E-state index contributed by atoms with van der Waals surface area (Å²) in [6, 6.07) is 9.76. The fourth-order valence-electron chi connectivity index (χ4n) is 5.95. The Kier molecular flexibility index (Phi) is 5.50. The third kappa shape index (κ3) is 4.05. The molecule has 2 saturated heterocycles. The minimum absolute atomic E-state index is 0.136. The van der Waals surface area contributed by atoms with Crippen LogP contribution in [0.4, 0.5) is 22.1 Å². The molecule has 1 spiro atoms. The first-order chi connectivity index (χ1) is 18.6. The molecule has 0 aliphatic carbocycles. The minimum atomic E-state index is -0.679. The first-order valence-electron chi connectivity index (χ1n) is 13.1. The molecule has 2 aromatic heterocycles. The molecule has 1 atom stereocenters. The number of nitrogens with zero attached hydrogens (tertiary/aromatic N) is 5. The van der Waals surface area contributed by atoms with Gasteiger partial charge in [-0.1, -0.05) is 0 Å². The third-order valence-corrected chi connectivity index (χ3v) is 7.83. The number of carbonyl (C=O) groups is 1. The smallest absolute Gasteiger partial charge is 0.413 e. The summed E-state index contributed by atoms with van der Waals surface area (Å²) < 4.78 is 17.9. The van der Waals surface area contributed by atoms with E-state index in [1.807, 2.05) is 24.3 Å². The van der Waals surface area contributed by atoms with E-state index in [9.17, 15) is 4.79 Å². The molecule has 10 nitrogen and oxygen atoms in total. The predicted octanol–water partition coefficient (Wildman–Crippen LogP) is 4.84. The van der Waals surface area contributed by atoms with Gasteiger partial charge in [-0.25, -0.2) is 19.7 Å². The number of carbonyl (C=O) groups excluding carboxylic acids is 1. The molecule has 1 aromatic carbocycles. The van der Waals surface area contributed by atoms with E-state index >= 15 is 0 Å². The van der Waals surface area contributed by atoms with Crippen LogP contribution in [0.15, 0.2) is 47.8 Å². The maximum Gasteiger partial charge on any atom is 0.413 e. The molecule has 0 bridgehead atoms. The average Bonchev–Trinajstić information content (AvgIpc) is 3.60. The fraction of sp³-hybridized carbons (Fsp3) is 0.393. The fourth-order valence-corrected chi connectivity index (χ4v) is 5.95. The first-order valence-corrected chi connectivity index (χ1v) is 13.1. The van der Waals surface area contributed by atoms with Gasteiger partial charge in [-0.15, -0.1) is 0 Å². The topological polar surface area (TPSA) is 111 Å². The van der Waals surface area contributed by atoms with Crippen LogP contribution in [-0.4, -0.2) is 52.6 Å². The highest BCUT2D eigenvalue weighted by atomic mass is 16.6. The Balaban J connectivity index is 1.06. The lowest BCUT2D eigenvalue weighted by Gasteiger charge is -2.44. The molecule has 7 rings (SSSR count). The highest BCUT2D eigenvalue weighted by Gasteiger charge is 2.45. The molecular weight excluding hydrogens is 484 g/mol. The van der Waals surface area contributed by atoms with Gasteiger partial charge in [0.25, 0.3) is 0 Å². The zero-order chi connectivity index (χ0) is 25.7. The molecule has 10 heteroatoms. The van der Waals surface area contributed by atoms with Crippen molar-refractivity contribution in [2.75, 3.05) is 29.9 Å². The number of ether oxygens (including phenoxy) is 3. The number of fused-ring (bicyclic) bond motifs is 3. The van der Waals surface area contributed by atoms with Crippen LogP contribution in [-0.2, 0) is 21.5 Å². The number of aliphatic imine (C=N–C) groups is 1. The van der Waals surface area contributed by atoms with Crippen molar-refractivity contribution in [2.24, 2.45) is 4.99 Å². The van der Waals surface area contributed by atoms with Gasteiger partial charge in [0, 0.05) is 56.8 Å². The lowest BCUT2D eigenvalue weighted by molar-refractivity contribution is -0.00853. The zero-order valence-electron chi connectivity index (χ0n) is 21.1. The van der Waals surface area contributed by atoms with Crippen molar-refractivity contribution < 1.29 is 19.0 Å². The molecule has 0 radical (unpaired) electrons. The van der Waals surface area contributed by atoms with E-state index < -0.39 is 11.7 Å². The number of hydrogen-bond acceptors (Lipinski definition) is 9. The van der Waals surface area contributed by atoms with Gasteiger partial charge in [-0.2, -0.15) is 0 Å². The zero-order valence-corrected chi connectivity index (χ0v) is 21.1. The normalized spacial score (nSPS) is 21.4. The molecule has 6 heterocycles. The van der Waals surface area contributed by atoms with Gasteiger partial charge in [-0.05, 0) is 55.2 Å². The molecule has 2 fully saturated rings. The molecule has 4 aliphatic heterocycles. The van der Waals surface area contributed by atoms with Gasteiger partial charge < -0.3 is 19.1 Å². The Morgan fingerprint density at radius 1 is 1.16 bits per heavy atom. The SMILES string of the molecule is Cc1cc(Oc2cc(N3CCC4(CC3)OC(=O)Nc3ncccc34)ncn2)cc2c1N=C([C@@H]1CCCO1)C2. The number of aromatic nitrogens is 3. The summed E-state index contributed by atoms with van der Waals surface area (Å²) in [5.41, 5.74) is 4.62. The van der Waals surface area contributed by atoms with Gasteiger partial charge >= 0.3 is 6.09 Å². The number of pyridine rings is 1. The molecule has 194 valence electrons. The van der Waals surface area contributed by atoms with Gasteiger partial charge in [-0.3, -0.25) is 10.3 Å². The second-order valence-electron chi connectivity index (χ2n) is 10.2. The molecular formula is C28H28N6O4. The summed E-state index contributed by atoms with van der Waals surface area (Å²) in [5, 5.41) is 2.70. The van der Waals surface area contributed by atoms with Crippen LogP contribution in [0.25, 0.3) is 0 Å². The minimum Gasteiger partial charge on any atom is -0.439 e. The number of amides is 1. The molecule has 1 N–H and O–H groups in total. The number of rotatable bonds is 4. The Labute approximate surface area is 220 Å². The van der Waals surface area contributed by atoms with Crippen LogP contribution < -0.4 is 15.0 Å². The van der Waals surface area contributed by atoms with E-state index in [4.69, 9.17) is 19.2 Å². The van der Waals surface area contributed by atoms with E-state index in [1.165, 1.54) is 6.33 Å². The molecule has 4 aliphatic rings. The highest BCUT2D eigenvalue weighted by molar-refractivity contribution is 5.98. The standard InChI is InChI=1S/C28H28N6O4/c1-17-12-19(13-18-14-21(32-25(17)18)22-5-3-11-36-22)37-24-15-23(30-16-31-24)34-9-6-28(7-10-34)20-4-2-8-29-26(20)33-27(35)38-28/h2,4,8,12-13,15-16,22H,3,5-7,9-11,14H2,1H3,(H,29,33,35)/t22-/m0/s1. The van der Waals surface area contributed by atoms with Gasteiger partial charge in [0.2, 0.25) is 5.88 Å². The van der Waals surface area contributed by atoms with Gasteiger partial charge in [0.1, 0.15) is 29.3 Å². The quantitative estimate of drug-likeness (QED) is 0.529. The maximum atomic E-state index is 12.2. The van der Waals surface area contributed by atoms with Crippen molar-refractivity contribution in [3.63, 3.8) is 0 Å². The van der Waals surface area contributed by atoms with Crippen molar-refractivity contribution >= 4 is 29.1 Å². The highest BCUT2D eigenvalue weighted by Crippen LogP contribution is 2.43. The van der Waals surface area contributed by atoms with Crippen LogP contribution in [0.3, 0.4) is 0 Å². The van der Waals surface area contributed by atoms with E-state index in [1.54, 1.807) is 6.20 Å². The van der Waals surface area contributed by atoms with E-state index in [-0.39, 0.29) is 6.10 Å². The van der Waals surface area contributed by atoms with Crippen LogP contribution in [0.5, 0.6) is 11.6 Å². The summed E-state index contributed by atoms with van der Waals surface area (Å²) in [6.45, 7) is 4.21. The Bertz CT molecular complexity index is 1440. The molecule has 0 unspecified atom stereocenters. The second kappa shape index (κ2) is 9.05. The van der Waals surface area contributed by atoms with Crippen molar-refractivity contribution in [1.29, 1.82) is 0 Å². The second-order valence-corrected chi connectivity index (χ2v) is 10.2. The van der Waals surface area contributed by atoms with Crippen molar-refractivity contribution in [3.05, 3.63) is 59.5 Å². The number of anilines is 2. The third-order valence-electron chi connectivity index (χ3n) is 7.83. The number of piperidine rings is 1. The number of benzene rings is 1. The van der Waals surface area contributed by atoms with Crippen LogP contribution >= 0.6 is 0 Å². The molecule has 0 saturated carbocycles. The van der Waals surface area contributed by atoms with Crippen molar-refractivity contribution in [3.8, 4) is 11.6 Å². The van der Waals surface area contributed by atoms with Gasteiger partial charge in [0.15, 0.2) is 0 Å². The predicted molar refractivity (Wildman–Crippen MR) is 141 cm³/mol. The average molecular weight is 513 g/mol. The summed E-state index contributed by atoms with van der Waals surface area (Å²) in [6.07, 6.45) is 7.07. The molecule has 1 amide bonds. The van der Waals surface area contributed by atoms with Crippen molar-refractivity contribution in [1.82, 2.24) is 15.0 Å². The maximum absolute atomic E-state index is 12.2. The van der Waals surface area contributed by atoms with Crippen LogP contribution in [0, 0.1) is 6.92 Å². The lowest BCUT2D eigenvalue weighted by atomic mass is 9.83. The number of aryl methyl sites for hydroxylation is 1. The van der Waals surface area contributed by atoms with Crippen molar-refractivity contribution in [2.45, 2.75) is 50.7 Å². The molecule has 38 heavy (non-hydrogen) atoms. The lowest BCUT2D eigenvalue weighted by Crippen LogP contribution is -2.48. The monoisotopic (exact) mass is 512 g/mol. The molecule has 3 aromatic rings. The first kappa shape index (κ1) is 23.1. The summed E-state index contributed by atoms with van der Waals surface area (Å²) in [4.78, 5) is 32.4. The summed E-state index contributed by atoms with van der Waals surface area (Å²) in [7, 11) is 0. The van der Waals surface area contributed by atoms with E-state index in [0.29, 0.717) is 37.6 Å². The van der Waals surface area contributed by atoms with Gasteiger partial charge in [0.05, 0.1) is 17.5 Å². The van der Waals surface area contributed by atoms with Crippen LogP contribution in [0.1, 0.15) is 42.4 Å². The summed E-state index contributed by atoms with van der Waals surface area (Å²) >= 11 is 0. The van der Waals surface area contributed by atoms with E-state index in [2.05, 4.69) is 38.2 Å². The van der Waals surface area contributed by atoms with Crippen LogP contribution in [0.2, 0.25) is 0 Å². The largest absolute Gasteiger partial charge is 0.439 e. The Hall–Kier alpha value is -4.05. The number of hydrogen-bond donors (Lipinski definition) is 1. The number of nitrogens with one attached hydrogen (secondary N) is 1. The summed E-state index contributed by atoms with van der Waals surface area (Å²) in [5.74, 6) is 2.57. The van der Waals surface area contributed by atoms with E-state index in [0.717, 1.165) is 65.5 Å². The Morgan fingerprint density at radius 2 is 2.05 bits per heavy atom. The Morgan fingerprint density at radius 3 is 2.89 bits per heavy atom.